The van der Waals surface area contributed by atoms with Crippen LogP contribution < -0.4 is 10.9 Å². The van der Waals surface area contributed by atoms with Crippen molar-refractivity contribution in [2.24, 2.45) is 0 Å². The lowest BCUT2D eigenvalue weighted by Gasteiger charge is -2.30. The van der Waals surface area contributed by atoms with Crippen LogP contribution in [0.4, 0.5) is 8.78 Å². The molecule has 0 unspecified atom stereocenters. The SMILES string of the molecule is O=c1cc2c(nn1C1CCC(NCc3nccn3C(F)F)CC1)CCCC2. The minimum Gasteiger partial charge on any atom is -0.307 e. The van der Waals surface area contributed by atoms with Gasteiger partial charge in [-0.3, -0.25) is 9.36 Å². The Bertz CT molecular complexity index is 839. The average molecular weight is 377 g/mol. The van der Waals surface area contributed by atoms with Crippen LogP contribution in [0.25, 0.3) is 0 Å². The fourth-order valence-corrected chi connectivity index (χ4v) is 4.26. The topological polar surface area (TPSA) is 64.7 Å². The van der Waals surface area contributed by atoms with E-state index in [-0.39, 0.29) is 17.6 Å². The number of halogens is 2. The predicted octanol–water partition coefficient (Wildman–Crippen LogP) is 2.99. The second-order valence-corrected chi connectivity index (χ2v) is 7.52. The van der Waals surface area contributed by atoms with Crippen molar-refractivity contribution < 1.29 is 8.78 Å². The number of alkyl halides is 2. The zero-order valence-electron chi connectivity index (χ0n) is 15.3. The number of hydrogen-bond donors (Lipinski definition) is 1. The van der Waals surface area contributed by atoms with Gasteiger partial charge in [0, 0.05) is 24.5 Å². The Morgan fingerprint density at radius 1 is 1.19 bits per heavy atom. The molecule has 4 rings (SSSR count). The van der Waals surface area contributed by atoms with Gasteiger partial charge < -0.3 is 5.32 Å². The molecule has 0 aromatic carbocycles. The first-order valence-electron chi connectivity index (χ1n) is 9.76. The minimum atomic E-state index is -2.57. The third-order valence-electron chi connectivity index (χ3n) is 5.78. The van der Waals surface area contributed by atoms with Crippen molar-refractivity contribution in [1.29, 1.82) is 0 Å². The fraction of sp³-hybridized carbons (Fsp3) is 0.632. The molecule has 27 heavy (non-hydrogen) atoms. The molecule has 2 aromatic heterocycles. The second kappa shape index (κ2) is 7.88. The van der Waals surface area contributed by atoms with E-state index in [1.54, 1.807) is 10.7 Å². The molecule has 146 valence electrons. The van der Waals surface area contributed by atoms with Gasteiger partial charge in [0.1, 0.15) is 5.82 Å². The van der Waals surface area contributed by atoms with E-state index < -0.39 is 6.55 Å². The van der Waals surface area contributed by atoms with Crippen molar-refractivity contribution in [3.05, 3.63) is 45.9 Å². The summed E-state index contributed by atoms with van der Waals surface area (Å²) in [6.45, 7) is -2.24. The molecule has 2 aliphatic carbocycles. The number of imidazole rings is 1. The van der Waals surface area contributed by atoms with Crippen LogP contribution in [0.5, 0.6) is 0 Å². The van der Waals surface area contributed by atoms with Gasteiger partial charge >= 0.3 is 6.55 Å². The normalized spacial score (nSPS) is 22.8. The summed E-state index contributed by atoms with van der Waals surface area (Å²) in [5.74, 6) is 0.347. The van der Waals surface area contributed by atoms with Gasteiger partial charge in [-0.1, -0.05) is 0 Å². The molecule has 1 N–H and O–H groups in total. The Labute approximate surface area is 156 Å². The molecule has 2 aliphatic rings. The summed E-state index contributed by atoms with van der Waals surface area (Å²) in [5.41, 5.74) is 2.21. The molecule has 8 heteroatoms. The van der Waals surface area contributed by atoms with Crippen LogP contribution in [0, 0.1) is 0 Å². The first-order valence-corrected chi connectivity index (χ1v) is 9.76. The number of rotatable bonds is 5. The Balaban J connectivity index is 1.35. The zero-order chi connectivity index (χ0) is 18.8. The number of hydrogen-bond acceptors (Lipinski definition) is 4. The van der Waals surface area contributed by atoms with Crippen LogP contribution in [0.3, 0.4) is 0 Å². The standard InChI is InChI=1S/C19H25F2N5O/c20-19(21)25-10-9-22-17(25)12-23-14-5-7-15(8-6-14)26-18(27)11-13-3-1-2-4-16(13)24-26/h9-11,14-15,19,23H,1-8,12H2. The third-order valence-corrected chi connectivity index (χ3v) is 5.78. The van der Waals surface area contributed by atoms with Gasteiger partial charge in [-0.15, -0.1) is 0 Å². The highest BCUT2D eigenvalue weighted by atomic mass is 19.3. The fourth-order valence-electron chi connectivity index (χ4n) is 4.26. The van der Waals surface area contributed by atoms with Gasteiger partial charge in [-0.05, 0) is 56.9 Å². The Morgan fingerprint density at radius 2 is 1.96 bits per heavy atom. The molecule has 0 aliphatic heterocycles. The molecule has 0 atom stereocenters. The molecule has 0 radical (unpaired) electrons. The number of aryl methyl sites for hydroxylation is 2. The molecule has 6 nitrogen and oxygen atoms in total. The summed E-state index contributed by atoms with van der Waals surface area (Å²) in [4.78, 5) is 16.5. The number of fused-ring (bicyclic) bond motifs is 1. The van der Waals surface area contributed by atoms with Crippen molar-refractivity contribution in [2.45, 2.75) is 76.5 Å². The lowest BCUT2D eigenvalue weighted by molar-refractivity contribution is 0.0663. The van der Waals surface area contributed by atoms with Crippen LogP contribution in [-0.2, 0) is 19.4 Å². The van der Waals surface area contributed by atoms with Crippen LogP contribution in [0.1, 0.15) is 68.2 Å². The summed E-state index contributed by atoms with van der Waals surface area (Å²) >= 11 is 0. The highest BCUT2D eigenvalue weighted by Crippen LogP contribution is 2.28. The monoisotopic (exact) mass is 377 g/mol. The molecule has 0 spiro atoms. The van der Waals surface area contributed by atoms with Crippen molar-refractivity contribution in [2.75, 3.05) is 0 Å². The molecule has 2 heterocycles. The maximum atomic E-state index is 12.9. The van der Waals surface area contributed by atoms with E-state index in [2.05, 4.69) is 15.4 Å². The van der Waals surface area contributed by atoms with E-state index in [9.17, 15) is 13.6 Å². The maximum Gasteiger partial charge on any atom is 0.319 e. The first-order chi connectivity index (χ1) is 13.1. The summed E-state index contributed by atoms with van der Waals surface area (Å²) < 4.78 is 28.3. The Hall–Kier alpha value is -2.09. The summed E-state index contributed by atoms with van der Waals surface area (Å²) in [5, 5.41) is 8.00. The van der Waals surface area contributed by atoms with Gasteiger partial charge in [-0.2, -0.15) is 13.9 Å². The highest BCUT2D eigenvalue weighted by molar-refractivity contribution is 5.20. The van der Waals surface area contributed by atoms with Gasteiger partial charge in [0.2, 0.25) is 0 Å². The van der Waals surface area contributed by atoms with E-state index in [0.717, 1.165) is 67.2 Å². The highest BCUT2D eigenvalue weighted by Gasteiger charge is 2.25. The van der Waals surface area contributed by atoms with Crippen LogP contribution >= 0.6 is 0 Å². The predicted molar refractivity (Wildman–Crippen MR) is 96.8 cm³/mol. The number of aromatic nitrogens is 4. The molecule has 2 aromatic rings. The lowest BCUT2D eigenvalue weighted by atomic mass is 9.91. The minimum absolute atomic E-state index is 0.00557. The summed E-state index contributed by atoms with van der Waals surface area (Å²) in [6.07, 6.45) is 10.4. The van der Waals surface area contributed by atoms with Crippen molar-refractivity contribution in [1.82, 2.24) is 24.6 Å². The van der Waals surface area contributed by atoms with E-state index in [4.69, 9.17) is 0 Å². The van der Waals surface area contributed by atoms with Crippen LogP contribution in [-0.4, -0.2) is 25.4 Å². The van der Waals surface area contributed by atoms with Gasteiger partial charge in [-0.25, -0.2) is 9.67 Å². The Morgan fingerprint density at radius 3 is 2.74 bits per heavy atom. The Kier molecular flexibility index (Phi) is 5.33. The number of nitrogens with one attached hydrogen (secondary N) is 1. The van der Waals surface area contributed by atoms with Gasteiger partial charge in [0.05, 0.1) is 18.3 Å². The smallest absolute Gasteiger partial charge is 0.307 e. The molecule has 1 saturated carbocycles. The van der Waals surface area contributed by atoms with Crippen LogP contribution in [0.15, 0.2) is 23.3 Å². The van der Waals surface area contributed by atoms with Crippen LogP contribution in [0.2, 0.25) is 0 Å². The lowest BCUT2D eigenvalue weighted by Crippen LogP contribution is -2.37. The molecule has 1 fully saturated rings. The molecule has 0 bridgehead atoms. The zero-order valence-corrected chi connectivity index (χ0v) is 15.3. The van der Waals surface area contributed by atoms with Crippen molar-refractivity contribution in [3.8, 4) is 0 Å². The first kappa shape index (κ1) is 18.3. The van der Waals surface area contributed by atoms with E-state index in [0.29, 0.717) is 12.4 Å². The van der Waals surface area contributed by atoms with Gasteiger partial charge in [0.15, 0.2) is 0 Å². The van der Waals surface area contributed by atoms with E-state index in [1.807, 2.05) is 0 Å². The largest absolute Gasteiger partial charge is 0.319 e. The van der Waals surface area contributed by atoms with Crippen molar-refractivity contribution in [3.63, 3.8) is 0 Å². The van der Waals surface area contributed by atoms with E-state index in [1.165, 1.54) is 12.4 Å². The molecular formula is C19H25F2N5O. The summed E-state index contributed by atoms with van der Waals surface area (Å²) in [7, 11) is 0. The average Bonchev–Trinajstić information content (AvgIpc) is 3.15. The quantitative estimate of drug-likeness (QED) is 0.870. The molecule has 0 saturated heterocycles. The van der Waals surface area contributed by atoms with Gasteiger partial charge in [0.25, 0.3) is 5.56 Å². The molecule has 0 amide bonds. The van der Waals surface area contributed by atoms with E-state index >= 15 is 0 Å². The summed E-state index contributed by atoms with van der Waals surface area (Å²) in [6, 6.07) is 2.15. The second-order valence-electron chi connectivity index (χ2n) is 7.52. The molecular weight excluding hydrogens is 352 g/mol. The van der Waals surface area contributed by atoms with Crippen molar-refractivity contribution >= 4 is 0 Å². The third kappa shape index (κ3) is 3.95. The maximum absolute atomic E-state index is 12.9. The number of nitrogens with zero attached hydrogens (tertiary/aromatic N) is 4.